The van der Waals surface area contributed by atoms with Gasteiger partial charge in [0, 0.05) is 6.20 Å². The van der Waals surface area contributed by atoms with E-state index >= 15 is 0 Å². The molecular formula is C10H9F3N4O. The molecule has 0 spiro atoms. The van der Waals surface area contributed by atoms with Crippen LogP contribution in [0.4, 0.5) is 13.2 Å². The van der Waals surface area contributed by atoms with Crippen molar-refractivity contribution in [3.63, 3.8) is 0 Å². The highest BCUT2D eigenvalue weighted by Crippen LogP contribution is 2.29. The molecule has 5 nitrogen and oxygen atoms in total. The molecule has 1 atom stereocenters. The van der Waals surface area contributed by atoms with Gasteiger partial charge in [-0.15, -0.1) is 10.2 Å². The average molecular weight is 258 g/mol. The Bertz CT molecular complexity index is 533. The molecule has 2 N–H and O–H groups in total. The Labute approximate surface area is 99.8 Å². The van der Waals surface area contributed by atoms with E-state index in [1.165, 1.54) is 6.07 Å². The van der Waals surface area contributed by atoms with Gasteiger partial charge in [-0.1, -0.05) is 0 Å². The van der Waals surface area contributed by atoms with Gasteiger partial charge in [-0.3, -0.25) is 4.98 Å². The van der Waals surface area contributed by atoms with Crippen molar-refractivity contribution >= 4 is 0 Å². The quantitative estimate of drug-likeness (QED) is 0.893. The minimum absolute atomic E-state index is 0.0380. The van der Waals surface area contributed by atoms with Gasteiger partial charge in [0.2, 0.25) is 5.89 Å². The molecule has 0 amide bonds. The van der Waals surface area contributed by atoms with Crippen molar-refractivity contribution in [2.75, 3.05) is 0 Å². The third-order valence-electron chi connectivity index (χ3n) is 2.14. The lowest BCUT2D eigenvalue weighted by Gasteiger charge is -2.05. The molecule has 0 fully saturated rings. The largest absolute Gasteiger partial charge is 0.418 e. The zero-order valence-electron chi connectivity index (χ0n) is 9.27. The van der Waals surface area contributed by atoms with Crippen LogP contribution in [0.1, 0.15) is 24.4 Å². The minimum Gasteiger partial charge on any atom is -0.418 e. The molecule has 2 heterocycles. The van der Waals surface area contributed by atoms with E-state index in [4.69, 9.17) is 10.2 Å². The number of hydrogen-bond acceptors (Lipinski definition) is 5. The van der Waals surface area contributed by atoms with E-state index in [0.29, 0.717) is 6.20 Å². The second-order valence-electron chi connectivity index (χ2n) is 3.66. The van der Waals surface area contributed by atoms with Crippen molar-refractivity contribution in [1.29, 1.82) is 0 Å². The monoisotopic (exact) mass is 258 g/mol. The summed E-state index contributed by atoms with van der Waals surface area (Å²) in [5.74, 6) is 0.239. The van der Waals surface area contributed by atoms with Gasteiger partial charge in [-0.05, 0) is 19.1 Å². The number of nitrogens with two attached hydrogens (primary N) is 1. The Hall–Kier alpha value is -1.96. The van der Waals surface area contributed by atoms with Gasteiger partial charge in [-0.25, -0.2) is 0 Å². The number of nitrogens with zero attached hydrogens (tertiary/aromatic N) is 3. The van der Waals surface area contributed by atoms with Gasteiger partial charge in [-0.2, -0.15) is 13.2 Å². The summed E-state index contributed by atoms with van der Waals surface area (Å²) in [4.78, 5) is 3.63. The van der Waals surface area contributed by atoms with Crippen LogP contribution in [0.25, 0.3) is 11.6 Å². The second kappa shape index (κ2) is 4.37. The highest BCUT2D eigenvalue weighted by molar-refractivity contribution is 5.46. The molecule has 1 unspecified atom stereocenters. The van der Waals surface area contributed by atoms with Crippen LogP contribution >= 0.6 is 0 Å². The molecule has 2 aromatic heterocycles. The summed E-state index contributed by atoms with van der Waals surface area (Å²) >= 11 is 0. The lowest BCUT2D eigenvalue weighted by Crippen LogP contribution is -2.05. The van der Waals surface area contributed by atoms with E-state index in [9.17, 15) is 13.2 Å². The summed E-state index contributed by atoms with van der Waals surface area (Å²) in [6.07, 6.45) is -3.71. The molecule has 0 saturated carbocycles. The summed E-state index contributed by atoms with van der Waals surface area (Å²) in [5.41, 5.74) is 4.85. The maximum Gasteiger partial charge on any atom is 0.417 e. The van der Waals surface area contributed by atoms with E-state index in [0.717, 1.165) is 6.07 Å². The summed E-state index contributed by atoms with van der Waals surface area (Å²) < 4.78 is 42.1. The van der Waals surface area contributed by atoms with Gasteiger partial charge in [0.1, 0.15) is 5.69 Å². The van der Waals surface area contributed by atoms with E-state index in [-0.39, 0.29) is 17.5 Å². The number of rotatable bonds is 2. The van der Waals surface area contributed by atoms with Crippen LogP contribution in [-0.4, -0.2) is 15.2 Å². The predicted octanol–water partition coefficient (Wildman–Crippen LogP) is 2.17. The fourth-order valence-electron chi connectivity index (χ4n) is 1.21. The minimum atomic E-state index is -4.42. The summed E-state index contributed by atoms with van der Waals surface area (Å²) in [6, 6.07) is 1.63. The summed E-state index contributed by atoms with van der Waals surface area (Å²) in [5, 5.41) is 7.32. The molecule has 96 valence electrons. The van der Waals surface area contributed by atoms with E-state index in [1.807, 2.05) is 0 Å². The first kappa shape index (κ1) is 12.5. The second-order valence-corrected chi connectivity index (χ2v) is 3.66. The number of hydrogen-bond donors (Lipinski definition) is 1. The molecule has 0 saturated heterocycles. The first-order valence-corrected chi connectivity index (χ1v) is 5.00. The Morgan fingerprint density at radius 2 is 2.00 bits per heavy atom. The standard InChI is InChI=1S/C10H9F3N4O/c1-5(14)8-16-17-9(18-8)7-3-2-6(4-15-7)10(11,12)13/h2-5H,14H2,1H3. The molecule has 8 heteroatoms. The lowest BCUT2D eigenvalue weighted by molar-refractivity contribution is -0.137. The van der Waals surface area contributed by atoms with E-state index in [1.54, 1.807) is 6.92 Å². The number of alkyl halides is 3. The van der Waals surface area contributed by atoms with Crippen molar-refractivity contribution in [2.24, 2.45) is 5.73 Å². The summed E-state index contributed by atoms with van der Waals surface area (Å²) in [6.45, 7) is 1.65. The molecule has 0 bridgehead atoms. The summed E-state index contributed by atoms with van der Waals surface area (Å²) in [7, 11) is 0. The molecule has 18 heavy (non-hydrogen) atoms. The predicted molar refractivity (Wildman–Crippen MR) is 55.1 cm³/mol. The average Bonchev–Trinajstić information content (AvgIpc) is 2.77. The Kier molecular flexibility index (Phi) is 3.04. The zero-order chi connectivity index (χ0) is 13.3. The van der Waals surface area contributed by atoms with Crippen molar-refractivity contribution in [3.8, 4) is 11.6 Å². The zero-order valence-corrected chi connectivity index (χ0v) is 9.27. The maximum atomic E-state index is 12.3. The third-order valence-corrected chi connectivity index (χ3v) is 2.14. The third kappa shape index (κ3) is 2.48. The molecular weight excluding hydrogens is 249 g/mol. The molecule has 2 rings (SSSR count). The van der Waals surface area contributed by atoms with Crippen LogP contribution in [0.15, 0.2) is 22.7 Å². The Morgan fingerprint density at radius 3 is 2.44 bits per heavy atom. The van der Waals surface area contributed by atoms with Crippen LogP contribution in [0.3, 0.4) is 0 Å². The number of aromatic nitrogens is 3. The Morgan fingerprint density at radius 1 is 1.28 bits per heavy atom. The Balaban J connectivity index is 2.29. The first-order chi connectivity index (χ1) is 8.38. The van der Waals surface area contributed by atoms with Crippen LogP contribution in [0.2, 0.25) is 0 Å². The van der Waals surface area contributed by atoms with Gasteiger partial charge >= 0.3 is 6.18 Å². The van der Waals surface area contributed by atoms with Crippen molar-refractivity contribution in [2.45, 2.75) is 19.1 Å². The van der Waals surface area contributed by atoms with Gasteiger partial charge < -0.3 is 10.2 Å². The normalized spacial score (nSPS) is 13.6. The first-order valence-electron chi connectivity index (χ1n) is 5.00. The molecule has 0 radical (unpaired) electrons. The number of pyridine rings is 1. The molecule has 0 aliphatic rings. The van der Waals surface area contributed by atoms with Gasteiger partial charge in [0.05, 0.1) is 11.6 Å². The van der Waals surface area contributed by atoms with Crippen LogP contribution in [0.5, 0.6) is 0 Å². The fraction of sp³-hybridized carbons (Fsp3) is 0.300. The van der Waals surface area contributed by atoms with Gasteiger partial charge in [0.15, 0.2) is 0 Å². The SMILES string of the molecule is CC(N)c1nnc(-c2ccc(C(F)(F)F)cn2)o1. The van der Waals surface area contributed by atoms with E-state index in [2.05, 4.69) is 15.2 Å². The molecule has 2 aromatic rings. The van der Waals surface area contributed by atoms with Crippen LogP contribution in [0, 0.1) is 0 Å². The highest BCUT2D eigenvalue weighted by Gasteiger charge is 2.30. The van der Waals surface area contributed by atoms with Crippen LogP contribution < -0.4 is 5.73 Å². The van der Waals surface area contributed by atoms with Crippen molar-refractivity contribution in [1.82, 2.24) is 15.2 Å². The molecule has 0 aliphatic carbocycles. The molecule has 0 aromatic carbocycles. The maximum absolute atomic E-state index is 12.3. The van der Waals surface area contributed by atoms with Crippen molar-refractivity contribution < 1.29 is 17.6 Å². The highest BCUT2D eigenvalue weighted by atomic mass is 19.4. The number of halogens is 3. The smallest absolute Gasteiger partial charge is 0.417 e. The topological polar surface area (TPSA) is 77.8 Å². The lowest BCUT2D eigenvalue weighted by atomic mass is 10.2. The fourth-order valence-corrected chi connectivity index (χ4v) is 1.21. The van der Waals surface area contributed by atoms with Crippen LogP contribution in [-0.2, 0) is 6.18 Å². The molecule has 0 aliphatic heterocycles. The van der Waals surface area contributed by atoms with E-state index < -0.39 is 17.8 Å². The van der Waals surface area contributed by atoms with Gasteiger partial charge in [0.25, 0.3) is 5.89 Å². The van der Waals surface area contributed by atoms with Crippen molar-refractivity contribution in [3.05, 3.63) is 29.8 Å².